The molecule has 3 aromatic heterocycles. The van der Waals surface area contributed by atoms with E-state index < -0.39 is 54.4 Å². The summed E-state index contributed by atoms with van der Waals surface area (Å²) in [6.45, 7) is 0. The zero-order valence-corrected chi connectivity index (χ0v) is 29.6. The molecule has 0 fully saturated rings. The summed E-state index contributed by atoms with van der Waals surface area (Å²) < 4.78 is 83.7. The van der Waals surface area contributed by atoms with Crippen molar-refractivity contribution in [3.8, 4) is 56.7 Å². The van der Waals surface area contributed by atoms with E-state index in [-0.39, 0.29) is 16.8 Å². The van der Waals surface area contributed by atoms with Gasteiger partial charge in [-0.05, 0) is 40.9 Å². The number of para-hydroxylation sites is 3. The highest BCUT2D eigenvalue weighted by Gasteiger charge is 2.23. The fourth-order valence-corrected chi connectivity index (χ4v) is 7.74. The number of hydrogen-bond donors (Lipinski definition) is 0. The molecule has 262 valence electrons. The van der Waals surface area contributed by atoms with Gasteiger partial charge in [0.25, 0.3) is 0 Å². The maximum absolute atomic E-state index is 9.53. The molecular formula is C51H33N5. The molecule has 0 saturated carbocycles. The molecule has 0 bridgehead atoms. The van der Waals surface area contributed by atoms with Crippen molar-refractivity contribution in [2.45, 2.75) is 0 Å². The molecule has 5 heteroatoms. The molecule has 0 aliphatic carbocycles. The maximum atomic E-state index is 9.53. The lowest BCUT2D eigenvalue weighted by Crippen LogP contribution is -2.06. The highest BCUT2D eigenvalue weighted by Crippen LogP contribution is 2.43. The third-order valence-electron chi connectivity index (χ3n) is 10.2. The zero-order chi connectivity index (χ0) is 44.8. The van der Waals surface area contributed by atoms with Crippen LogP contribution in [0.5, 0.6) is 0 Å². The molecule has 5 nitrogen and oxygen atoms in total. The minimum atomic E-state index is -0.620. The van der Waals surface area contributed by atoms with Crippen molar-refractivity contribution in [3.63, 3.8) is 0 Å². The van der Waals surface area contributed by atoms with Gasteiger partial charge in [-0.25, -0.2) is 4.98 Å². The third kappa shape index (κ3) is 5.13. The Morgan fingerprint density at radius 3 is 1.66 bits per heavy atom. The highest BCUT2D eigenvalue weighted by atomic mass is 15.2. The van der Waals surface area contributed by atoms with Gasteiger partial charge in [-0.1, -0.05) is 176 Å². The van der Waals surface area contributed by atoms with Crippen LogP contribution in [-0.4, -0.2) is 24.1 Å². The monoisotopic (exact) mass is 724 g/mol. The maximum Gasteiger partial charge on any atom is 0.238 e. The zero-order valence-electron chi connectivity index (χ0n) is 38.6. The Balaban J connectivity index is 1.25. The predicted octanol–water partition coefficient (Wildman–Crippen LogP) is 12.7. The molecule has 0 unspecified atom stereocenters. The van der Waals surface area contributed by atoms with Crippen molar-refractivity contribution in [2.24, 2.45) is 0 Å². The van der Waals surface area contributed by atoms with Gasteiger partial charge in [-0.3, -0.25) is 4.57 Å². The van der Waals surface area contributed by atoms with Crippen LogP contribution in [0, 0.1) is 0 Å². The van der Waals surface area contributed by atoms with Gasteiger partial charge >= 0.3 is 0 Å². The summed E-state index contributed by atoms with van der Waals surface area (Å²) in [5, 5.41) is 3.03. The normalized spacial score (nSPS) is 13.8. The first-order valence-corrected chi connectivity index (χ1v) is 18.1. The molecule has 0 aliphatic rings. The molecule has 11 rings (SSSR count). The van der Waals surface area contributed by atoms with Crippen molar-refractivity contribution in [3.05, 3.63) is 200 Å². The van der Waals surface area contributed by atoms with Crippen LogP contribution in [0.15, 0.2) is 200 Å². The molecule has 0 N–H and O–H groups in total. The molecule has 3 heterocycles. The van der Waals surface area contributed by atoms with E-state index in [2.05, 4.69) is 12.1 Å². The molecule has 11 aromatic rings. The number of nitrogens with zero attached hydrogens (tertiary/aromatic N) is 5. The number of rotatable bonds is 6. The summed E-state index contributed by atoms with van der Waals surface area (Å²) in [6.07, 6.45) is 0. The van der Waals surface area contributed by atoms with Crippen LogP contribution in [0.3, 0.4) is 0 Å². The van der Waals surface area contributed by atoms with E-state index in [1.54, 1.807) is 4.57 Å². The van der Waals surface area contributed by atoms with Gasteiger partial charge in [0.1, 0.15) is 0 Å². The SMILES string of the molecule is [2H]c1c([2H])c([2H])c(-c2c([2H])c([2H])c([2H])c([2H])c2-n2c3ccccc3c3ccc4c(c5ccccc5n4-c4nc(-c5ccccc5)nc(-c5ccc(-c6ccccc6)cc5)n4)c32)c([2H])c1[2H]. The first kappa shape index (κ1) is 23.9. The Hall–Kier alpha value is -7.63. The van der Waals surface area contributed by atoms with Gasteiger partial charge < -0.3 is 4.57 Å². The van der Waals surface area contributed by atoms with Crippen LogP contribution in [0.2, 0.25) is 0 Å². The molecule has 56 heavy (non-hydrogen) atoms. The Morgan fingerprint density at radius 2 is 0.929 bits per heavy atom. The van der Waals surface area contributed by atoms with E-state index in [1.165, 1.54) is 0 Å². The van der Waals surface area contributed by atoms with Crippen LogP contribution in [0.4, 0.5) is 0 Å². The van der Waals surface area contributed by atoms with Crippen LogP contribution in [0.1, 0.15) is 12.3 Å². The van der Waals surface area contributed by atoms with Gasteiger partial charge in [0.2, 0.25) is 5.95 Å². The van der Waals surface area contributed by atoms with Crippen molar-refractivity contribution < 1.29 is 12.3 Å². The lowest BCUT2D eigenvalue weighted by Gasteiger charge is -2.15. The Bertz CT molecular complexity index is 3730. The van der Waals surface area contributed by atoms with Crippen molar-refractivity contribution in [1.29, 1.82) is 0 Å². The van der Waals surface area contributed by atoms with Gasteiger partial charge in [-0.2, -0.15) is 9.97 Å². The summed E-state index contributed by atoms with van der Waals surface area (Å²) >= 11 is 0. The molecule has 0 atom stereocenters. The molecule has 0 radical (unpaired) electrons. The smallest absolute Gasteiger partial charge is 0.238 e. The van der Waals surface area contributed by atoms with Crippen molar-refractivity contribution in [2.75, 3.05) is 0 Å². The summed E-state index contributed by atoms with van der Waals surface area (Å²) in [5.41, 5.74) is 5.69. The average molecular weight is 725 g/mol. The molecule has 0 amide bonds. The topological polar surface area (TPSA) is 48.5 Å². The summed E-state index contributed by atoms with van der Waals surface area (Å²) in [4.78, 5) is 15.3. The Kier molecular flexibility index (Phi) is 5.57. The predicted molar refractivity (Wildman–Crippen MR) is 230 cm³/mol. The third-order valence-corrected chi connectivity index (χ3v) is 10.2. The fourth-order valence-electron chi connectivity index (χ4n) is 7.74. The van der Waals surface area contributed by atoms with Crippen molar-refractivity contribution >= 4 is 43.6 Å². The lowest BCUT2D eigenvalue weighted by molar-refractivity contribution is 0.953. The summed E-state index contributed by atoms with van der Waals surface area (Å²) in [6, 6.07) is 42.0. The highest BCUT2D eigenvalue weighted by molar-refractivity contribution is 6.26. The standard InChI is InChI=1S/C51H33N5/c1-4-16-34(17-5-1)35-28-30-38(31-29-35)50-52-49(37-20-8-3-9-21-37)53-51(54-50)56-45-27-15-12-24-42(45)47-46(56)33-32-41-40-23-11-14-26-44(40)55(48(41)47)43-25-13-10-22-39(43)36-18-6-2-7-19-36/h1-33H/i2D,6D,7D,10D,13D,18D,19D,22D,25D. The van der Waals surface area contributed by atoms with Crippen molar-refractivity contribution in [1.82, 2.24) is 24.1 Å². The van der Waals surface area contributed by atoms with E-state index in [0.717, 1.165) is 43.9 Å². The molecule has 0 saturated heterocycles. The van der Waals surface area contributed by atoms with Crippen LogP contribution < -0.4 is 0 Å². The fraction of sp³-hybridized carbons (Fsp3) is 0. The lowest BCUT2D eigenvalue weighted by atomic mass is 10.0. The van der Waals surface area contributed by atoms with Gasteiger partial charge in [0.15, 0.2) is 11.6 Å². The van der Waals surface area contributed by atoms with Gasteiger partial charge in [0.05, 0.1) is 40.1 Å². The molecule has 0 spiro atoms. The van der Waals surface area contributed by atoms with E-state index in [4.69, 9.17) is 24.5 Å². The average Bonchev–Trinajstić information content (AvgIpc) is 3.87. The summed E-state index contributed by atoms with van der Waals surface area (Å²) in [7, 11) is 0. The van der Waals surface area contributed by atoms with E-state index in [1.807, 2.05) is 138 Å². The van der Waals surface area contributed by atoms with E-state index >= 15 is 0 Å². The number of fused-ring (bicyclic) bond motifs is 7. The Labute approximate surface area is 336 Å². The van der Waals surface area contributed by atoms with Crippen LogP contribution in [0.25, 0.3) is 100 Å². The second kappa shape index (κ2) is 13.0. The van der Waals surface area contributed by atoms with Crippen LogP contribution in [-0.2, 0) is 0 Å². The summed E-state index contributed by atoms with van der Waals surface area (Å²) in [5.74, 6) is 1.26. The Morgan fingerprint density at radius 1 is 0.375 bits per heavy atom. The minimum absolute atomic E-state index is 0.0576. The number of hydrogen-bond acceptors (Lipinski definition) is 3. The van der Waals surface area contributed by atoms with Gasteiger partial charge in [-0.15, -0.1) is 0 Å². The molecule has 8 aromatic carbocycles. The van der Waals surface area contributed by atoms with Gasteiger partial charge in [0, 0.05) is 38.2 Å². The first-order chi connectivity index (χ1) is 31.5. The second-order valence-corrected chi connectivity index (χ2v) is 13.4. The second-order valence-electron chi connectivity index (χ2n) is 13.4. The van der Waals surface area contributed by atoms with Crippen LogP contribution >= 0.6 is 0 Å². The number of benzene rings is 8. The quantitative estimate of drug-likeness (QED) is 0.172. The van der Waals surface area contributed by atoms with E-state index in [9.17, 15) is 2.74 Å². The molecular weight excluding hydrogens is 683 g/mol. The largest absolute Gasteiger partial charge is 0.308 e. The minimum Gasteiger partial charge on any atom is -0.308 e. The van der Waals surface area contributed by atoms with E-state index in [0.29, 0.717) is 39.5 Å². The first-order valence-electron chi connectivity index (χ1n) is 22.6. The number of aromatic nitrogens is 5. The molecule has 0 aliphatic heterocycles.